The lowest BCUT2D eigenvalue weighted by atomic mass is 10.2. The summed E-state index contributed by atoms with van der Waals surface area (Å²) >= 11 is 3.38. The summed E-state index contributed by atoms with van der Waals surface area (Å²) in [5.74, 6) is 0.0957. The maximum Gasteiger partial charge on any atom is 0.227 e. The standard InChI is InChI=1S/C11H9BrN2O/c12-9-4-1-3-8(7-13)11(9)14-6-2-5-10(14)15/h1,3-4H,2,5-6H2. The molecule has 0 unspecified atom stereocenters. The average Bonchev–Trinajstić information content (AvgIpc) is 2.64. The second-order valence-corrected chi connectivity index (χ2v) is 4.25. The zero-order chi connectivity index (χ0) is 10.8. The van der Waals surface area contributed by atoms with Crippen LogP contribution >= 0.6 is 15.9 Å². The number of anilines is 1. The van der Waals surface area contributed by atoms with Crippen molar-refractivity contribution >= 4 is 27.5 Å². The molecule has 0 atom stereocenters. The zero-order valence-electron chi connectivity index (χ0n) is 8.03. The topological polar surface area (TPSA) is 44.1 Å². The normalized spacial score (nSPS) is 15.5. The van der Waals surface area contributed by atoms with Crippen molar-refractivity contribution in [2.24, 2.45) is 0 Å². The Hall–Kier alpha value is -1.34. The number of amides is 1. The van der Waals surface area contributed by atoms with Gasteiger partial charge in [-0.05, 0) is 34.5 Å². The molecule has 0 aromatic heterocycles. The minimum Gasteiger partial charge on any atom is -0.310 e. The lowest BCUT2D eigenvalue weighted by Gasteiger charge is -2.18. The molecule has 0 aliphatic carbocycles. The first-order valence-corrected chi connectivity index (χ1v) is 5.52. The van der Waals surface area contributed by atoms with Crippen LogP contribution in [0, 0.1) is 11.3 Å². The molecule has 1 amide bonds. The Labute approximate surface area is 96.4 Å². The molecular formula is C11H9BrN2O. The SMILES string of the molecule is N#Cc1cccc(Br)c1N1CCCC1=O. The van der Waals surface area contributed by atoms with E-state index in [1.807, 2.05) is 6.07 Å². The lowest BCUT2D eigenvalue weighted by Crippen LogP contribution is -2.25. The van der Waals surface area contributed by atoms with Crippen LogP contribution in [0.15, 0.2) is 22.7 Å². The van der Waals surface area contributed by atoms with Crippen molar-refractivity contribution in [1.29, 1.82) is 5.26 Å². The molecule has 76 valence electrons. The van der Waals surface area contributed by atoms with Crippen molar-refractivity contribution in [3.05, 3.63) is 28.2 Å². The van der Waals surface area contributed by atoms with E-state index < -0.39 is 0 Å². The number of nitrogens with zero attached hydrogens (tertiary/aromatic N) is 2. The highest BCUT2D eigenvalue weighted by Gasteiger charge is 2.25. The summed E-state index contributed by atoms with van der Waals surface area (Å²) in [7, 11) is 0. The number of rotatable bonds is 1. The van der Waals surface area contributed by atoms with Gasteiger partial charge in [-0.25, -0.2) is 0 Å². The van der Waals surface area contributed by atoms with Gasteiger partial charge >= 0.3 is 0 Å². The number of halogens is 1. The van der Waals surface area contributed by atoms with E-state index in [1.54, 1.807) is 17.0 Å². The van der Waals surface area contributed by atoms with E-state index in [4.69, 9.17) is 5.26 Å². The molecular weight excluding hydrogens is 256 g/mol. The van der Waals surface area contributed by atoms with E-state index in [2.05, 4.69) is 22.0 Å². The molecule has 0 bridgehead atoms. The van der Waals surface area contributed by atoms with Crippen LogP contribution in [-0.2, 0) is 4.79 Å². The van der Waals surface area contributed by atoms with E-state index in [1.165, 1.54) is 0 Å². The highest BCUT2D eigenvalue weighted by Crippen LogP contribution is 2.32. The highest BCUT2D eigenvalue weighted by atomic mass is 79.9. The lowest BCUT2D eigenvalue weighted by molar-refractivity contribution is -0.117. The van der Waals surface area contributed by atoms with Crippen molar-refractivity contribution in [2.45, 2.75) is 12.8 Å². The molecule has 0 N–H and O–H groups in total. The van der Waals surface area contributed by atoms with E-state index in [0.29, 0.717) is 24.2 Å². The Bertz CT molecular complexity index is 450. The van der Waals surface area contributed by atoms with Gasteiger partial charge in [0.25, 0.3) is 0 Å². The number of carbonyl (C=O) groups is 1. The van der Waals surface area contributed by atoms with E-state index in [-0.39, 0.29) is 5.91 Å². The van der Waals surface area contributed by atoms with Crippen LogP contribution < -0.4 is 4.90 Å². The Morgan fingerprint density at radius 2 is 2.27 bits per heavy atom. The van der Waals surface area contributed by atoms with Crippen molar-refractivity contribution in [3.63, 3.8) is 0 Å². The van der Waals surface area contributed by atoms with E-state index >= 15 is 0 Å². The van der Waals surface area contributed by atoms with Gasteiger partial charge in [0.1, 0.15) is 6.07 Å². The molecule has 4 heteroatoms. The molecule has 15 heavy (non-hydrogen) atoms. The fourth-order valence-electron chi connectivity index (χ4n) is 1.76. The first-order valence-electron chi connectivity index (χ1n) is 4.73. The van der Waals surface area contributed by atoms with Gasteiger partial charge in [0.05, 0.1) is 11.3 Å². The molecule has 0 spiro atoms. The summed E-state index contributed by atoms with van der Waals surface area (Å²) in [4.78, 5) is 13.3. The molecule has 1 aromatic rings. The Balaban J connectivity index is 2.51. The van der Waals surface area contributed by atoms with Gasteiger partial charge in [-0.3, -0.25) is 4.79 Å². The van der Waals surface area contributed by atoms with Crippen molar-refractivity contribution < 1.29 is 4.79 Å². The fraction of sp³-hybridized carbons (Fsp3) is 0.273. The van der Waals surface area contributed by atoms with Gasteiger partial charge in [-0.2, -0.15) is 5.26 Å². The molecule has 1 heterocycles. The number of benzene rings is 1. The smallest absolute Gasteiger partial charge is 0.227 e. The van der Waals surface area contributed by atoms with Gasteiger partial charge in [0.2, 0.25) is 5.91 Å². The van der Waals surface area contributed by atoms with Gasteiger partial charge in [0, 0.05) is 17.4 Å². The van der Waals surface area contributed by atoms with Crippen molar-refractivity contribution in [2.75, 3.05) is 11.4 Å². The van der Waals surface area contributed by atoms with Gasteiger partial charge in [-0.15, -0.1) is 0 Å². The monoisotopic (exact) mass is 264 g/mol. The van der Waals surface area contributed by atoms with Crippen molar-refractivity contribution in [3.8, 4) is 6.07 Å². The summed E-state index contributed by atoms with van der Waals surface area (Å²) in [6, 6.07) is 7.49. The molecule has 1 aliphatic heterocycles. The molecule has 1 fully saturated rings. The first kappa shape index (κ1) is 10.2. The maximum atomic E-state index is 11.6. The third kappa shape index (κ3) is 1.75. The van der Waals surface area contributed by atoms with Gasteiger partial charge < -0.3 is 4.90 Å². The van der Waals surface area contributed by atoms with Crippen LogP contribution in [0.1, 0.15) is 18.4 Å². The maximum absolute atomic E-state index is 11.6. The minimum absolute atomic E-state index is 0.0957. The van der Waals surface area contributed by atoms with E-state index in [0.717, 1.165) is 10.9 Å². The summed E-state index contributed by atoms with van der Waals surface area (Å²) in [6.45, 7) is 0.704. The first-order chi connectivity index (χ1) is 7.24. The van der Waals surface area contributed by atoms with Crippen LogP contribution in [0.5, 0.6) is 0 Å². The number of para-hydroxylation sites is 1. The Morgan fingerprint density at radius 1 is 1.47 bits per heavy atom. The van der Waals surface area contributed by atoms with Crippen LogP contribution in [0.4, 0.5) is 5.69 Å². The molecule has 1 saturated heterocycles. The molecule has 0 radical (unpaired) electrons. The average molecular weight is 265 g/mol. The zero-order valence-corrected chi connectivity index (χ0v) is 9.62. The summed E-state index contributed by atoms with van der Waals surface area (Å²) in [5, 5.41) is 8.98. The molecule has 1 aliphatic rings. The second kappa shape index (κ2) is 4.03. The predicted octanol–water partition coefficient (Wildman–Crippen LogP) is 2.45. The number of carbonyl (C=O) groups excluding carboxylic acids is 1. The van der Waals surface area contributed by atoms with Crippen LogP contribution in [0.2, 0.25) is 0 Å². The minimum atomic E-state index is 0.0957. The highest BCUT2D eigenvalue weighted by molar-refractivity contribution is 9.10. The Kier molecular flexibility index (Phi) is 2.74. The fourth-order valence-corrected chi connectivity index (χ4v) is 2.34. The Morgan fingerprint density at radius 3 is 2.87 bits per heavy atom. The number of hydrogen-bond donors (Lipinski definition) is 0. The predicted molar refractivity (Wildman–Crippen MR) is 60.4 cm³/mol. The quantitative estimate of drug-likeness (QED) is 0.782. The number of hydrogen-bond acceptors (Lipinski definition) is 2. The summed E-state index contributed by atoms with van der Waals surface area (Å²) < 4.78 is 0.803. The summed E-state index contributed by atoms with van der Waals surface area (Å²) in [5.41, 5.74) is 1.25. The molecule has 1 aromatic carbocycles. The third-order valence-corrected chi connectivity index (χ3v) is 3.09. The largest absolute Gasteiger partial charge is 0.310 e. The number of nitriles is 1. The molecule has 0 saturated carbocycles. The second-order valence-electron chi connectivity index (χ2n) is 3.40. The molecule has 3 nitrogen and oxygen atoms in total. The third-order valence-electron chi connectivity index (χ3n) is 2.45. The van der Waals surface area contributed by atoms with Crippen molar-refractivity contribution in [1.82, 2.24) is 0 Å². The molecule has 2 rings (SSSR count). The van der Waals surface area contributed by atoms with Crippen LogP contribution in [0.3, 0.4) is 0 Å². The van der Waals surface area contributed by atoms with Gasteiger partial charge in [0.15, 0.2) is 0 Å². The van der Waals surface area contributed by atoms with E-state index in [9.17, 15) is 4.79 Å². The van der Waals surface area contributed by atoms with Crippen LogP contribution in [-0.4, -0.2) is 12.5 Å². The van der Waals surface area contributed by atoms with Gasteiger partial charge in [-0.1, -0.05) is 6.07 Å². The van der Waals surface area contributed by atoms with Crippen LogP contribution in [0.25, 0.3) is 0 Å². The summed E-state index contributed by atoms with van der Waals surface area (Å²) in [6.07, 6.45) is 1.44.